The number of carbonyl (C=O) groups is 1. The van der Waals surface area contributed by atoms with Gasteiger partial charge in [-0.1, -0.05) is 23.4 Å². The number of furan rings is 1. The largest absolute Gasteiger partial charge is 0.481 e. The number of nitrogen functional groups attached to an aromatic ring is 1. The van der Waals surface area contributed by atoms with Crippen LogP contribution in [-0.2, 0) is 4.79 Å². The minimum absolute atomic E-state index is 0.130. The highest BCUT2D eigenvalue weighted by Crippen LogP contribution is 2.28. The lowest BCUT2D eigenvalue weighted by molar-refractivity contribution is -0.133. The van der Waals surface area contributed by atoms with Crippen LogP contribution in [0.1, 0.15) is 5.56 Å². The Labute approximate surface area is 123 Å². The van der Waals surface area contributed by atoms with Crippen LogP contribution in [-0.4, -0.2) is 31.7 Å². The number of hydrogen-bond acceptors (Lipinski definition) is 6. The number of carboxylic acids is 1. The normalized spacial score (nSPS) is 11.1. The predicted octanol–water partition coefficient (Wildman–Crippen LogP) is 1.89. The first kappa shape index (κ1) is 13.5. The molecule has 0 atom stereocenters. The summed E-state index contributed by atoms with van der Waals surface area (Å²) in [5, 5.41) is 17.8. The van der Waals surface area contributed by atoms with Gasteiger partial charge in [-0.15, -0.1) is 10.2 Å². The number of hydrogen-bond donors (Lipinski definition) is 2. The quantitative estimate of drug-likeness (QED) is 0.559. The lowest BCUT2D eigenvalue weighted by Crippen LogP contribution is -2.12. The molecule has 0 aliphatic carbocycles. The molecule has 7 nitrogen and oxygen atoms in total. The van der Waals surface area contributed by atoms with Crippen LogP contribution >= 0.6 is 11.8 Å². The second kappa shape index (κ2) is 5.13. The van der Waals surface area contributed by atoms with Gasteiger partial charge in [-0.05, 0) is 25.1 Å². The van der Waals surface area contributed by atoms with Crippen molar-refractivity contribution in [2.24, 2.45) is 0 Å². The van der Waals surface area contributed by atoms with E-state index in [1.54, 1.807) is 0 Å². The van der Waals surface area contributed by atoms with Crippen molar-refractivity contribution in [3.63, 3.8) is 0 Å². The number of aryl methyl sites for hydroxylation is 1. The molecule has 0 aliphatic heterocycles. The second-order valence-electron chi connectivity index (χ2n) is 4.51. The molecule has 3 aromatic rings. The van der Waals surface area contributed by atoms with Gasteiger partial charge in [-0.2, -0.15) is 0 Å². The maximum Gasteiger partial charge on any atom is 0.313 e. The minimum atomic E-state index is -0.941. The molecule has 3 N–H and O–H groups in total. The zero-order valence-corrected chi connectivity index (χ0v) is 11.9. The van der Waals surface area contributed by atoms with Crippen LogP contribution in [0.3, 0.4) is 0 Å². The summed E-state index contributed by atoms with van der Waals surface area (Å²) in [6.07, 6.45) is 0. The van der Waals surface area contributed by atoms with Crippen LogP contribution in [0.15, 0.2) is 33.8 Å². The number of thioether (sulfide) groups is 1. The van der Waals surface area contributed by atoms with Crippen molar-refractivity contribution in [1.82, 2.24) is 14.9 Å². The zero-order chi connectivity index (χ0) is 15.0. The van der Waals surface area contributed by atoms with Crippen LogP contribution in [0.4, 0.5) is 0 Å². The molecule has 0 saturated carbocycles. The summed E-state index contributed by atoms with van der Waals surface area (Å²) >= 11 is 1.00. The molecule has 1 aromatic carbocycles. The van der Waals surface area contributed by atoms with E-state index in [0.29, 0.717) is 16.7 Å². The fraction of sp³-hybridized carbons (Fsp3) is 0.154. The number of benzene rings is 1. The van der Waals surface area contributed by atoms with E-state index in [1.807, 2.05) is 31.2 Å². The molecule has 2 heterocycles. The van der Waals surface area contributed by atoms with E-state index in [2.05, 4.69) is 10.2 Å². The molecule has 3 rings (SSSR count). The Bertz CT molecular complexity index is 824. The van der Waals surface area contributed by atoms with Gasteiger partial charge in [-0.25, -0.2) is 4.68 Å². The minimum Gasteiger partial charge on any atom is -0.481 e. The summed E-state index contributed by atoms with van der Waals surface area (Å²) in [4.78, 5) is 10.6. The smallest absolute Gasteiger partial charge is 0.313 e. The van der Waals surface area contributed by atoms with Crippen molar-refractivity contribution >= 4 is 28.7 Å². The molecule has 0 amide bonds. The summed E-state index contributed by atoms with van der Waals surface area (Å²) in [5.74, 6) is 5.67. The van der Waals surface area contributed by atoms with E-state index >= 15 is 0 Å². The molecule has 8 heteroatoms. The Kier molecular flexibility index (Phi) is 3.30. The third-order valence-electron chi connectivity index (χ3n) is 2.88. The fourth-order valence-electron chi connectivity index (χ4n) is 1.94. The van der Waals surface area contributed by atoms with Gasteiger partial charge in [0.05, 0.1) is 5.75 Å². The number of carboxylic acid groups (broad SMARTS) is 1. The molecule has 21 heavy (non-hydrogen) atoms. The van der Waals surface area contributed by atoms with Crippen molar-refractivity contribution in [3.8, 4) is 11.6 Å². The topological polar surface area (TPSA) is 107 Å². The SMILES string of the molecule is Cc1ccc2oc(-c3nnc(SCC(=O)O)n3N)cc2c1. The highest BCUT2D eigenvalue weighted by atomic mass is 32.2. The van der Waals surface area contributed by atoms with Crippen LogP contribution in [0, 0.1) is 6.92 Å². The summed E-state index contributed by atoms with van der Waals surface area (Å²) < 4.78 is 6.93. The van der Waals surface area contributed by atoms with Crippen molar-refractivity contribution < 1.29 is 14.3 Å². The molecule has 0 fully saturated rings. The van der Waals surface area contributed by atoms with Gasteiger partial charge in [0, 0.05) is 5.39 Å². The standard InChI is InChI=1S/C13H12N4O3S/c1-7-2-3-9-8(4-7)5-10(20-9)12-15-16-13(17(12)14)21-6-11(18)19/h2-5H,6,14H2,1H3,(H,18,19). The summed E-state index contributed by atoms with van der Waals surface area (Å²) in [6, 6.07) is 7.67. The molecule has 2 aromatic heterocycles. The highest BCUT2D eigenvalue weighted by Gasteiger charge is 2.17. The third kappa shape index (κ3) is 2.57. The Morgan fingerprint density at radius 3 is 3.00 bits per heavy atom. The second-order valence-corrected chi connectivity index (χ2v) is 5.45. The Hall–Kier alpha value is -2.48. The molecule has 0 aliphatic rings. The van der Waals surface area contributed by atoms with Crippen molar-refractivity contribution in [1.29, 1.82) is 0 Å². The monoisotopic (exact) mass is 304 g/mol. The first-order chi connectivity index (χ1) is 10.0. The fourth-order valence-corrected chi connectivity index (χ4v) is 2.52. The Morgan fingerprint density at radius 2 is 2.24 bits per heavy atom. The van der Waals surface area contributed by atoms with E-state index in [4.69, 9.17) is 15.4 Å². The molecule has 0 saturated heterocycles. The number of aromatic nitrogens is 3. The van der Waals surface area contributed by atoms with Gasteiger partial charge in [0.25, 0.3) is 0 Å². The molecular formula is C13H12N4O3S. The molecule has 0 radical (unpaired) electrons. The van der Waals surface area contributed by atoms with Crippen LogP contribution < -0.4 is 5.84 Å². The van der Waals surface area contributed by atoms with Crippen LogP contribution in [0.5, 0.6) is 0 Å². The Morgan fingerprint density at radius 1 is 1.43 bits per heavy atom. The van der Waals surface area contributed by atoms with Gasteiger partial charge < -0.3 is 15.4 Å². The summed E-state index contributed by atoms with van der Waals surface area (Å²) in [5.41, 5.74) is 1.86. The van der Waals surface area contributed by atoms with E-state index in [-0.39, 0.29) is 5.75 Å². The molecule has 0 unspecified atom stereocenters. The van der Waals surface area contributed by atoms with Gasteiger partial charge in [0.2, 0.25) is 11.0 Å². The Balaban J connectivity index is 1.97. The lowest BCUT2D eigenvalue weighted by Gasteiger charge is -1.99. The molecular weight excluding hydrogens is 292 g/mol. The van der Waals surface area contributed by atoms with E-state index < -0.39 is 5.97 Å². The van der Waals surface area contributed by atoms with Gasteiger partial charge in [-0.3, -0.25) is 4.79 Å². The van der Waals surface area contributed by atoms with E-state index in [0.717, 1.165) is 28.3 Å². The van der Waals surface area contributed by atoms with Crippen LogP contribution in [0.2, 0.25) is 0 Å². The van der Waals surface area contributed by atoms with Gasteiger partial charge >= 0.3 is 5.97 Å². The number of nitrogens with two attached hydrogens (primary N) is 1. The maximum absolute atomic E-state index is 10.6. The average molecular weight is 304 g/mol. The van der Waals surface area contributed by atoms with Gasteiger partial charge in [0.15, 0.2) is 5.76 Å². The predicted molar refractivity (Wildman–Crippen MR) is 78.5 cm³/mol. The number of fused-ring (bicyclic) bond motifs is 1. The van der Waals surface area contributed by atoms with Crippen molar-refractivity contribution in [2.75, 3.05) is 11.6 Å². The van der Waals surface area contributed by atoms with Gasteiger partial charge in [0.1, 0.15) is 5.58 Å². The first-order valence-electron chi connectivity index (χ1n) is 6.10. The summed E-state index contributed by atoms with van der Waals surface area (Å²) in [7, 11) is 0. The number of rotatable bonds is 4. The van der Waals surface area contributed by atoms with Crippen molar-refractivity contribution in [2.45, 2.75) is 12.1 Å². The van der Waals surface area contributed by atoms with E-state index in [1.165, 1.54) is 4.68 Å². The van der Waals surface area contributed by atoms with Crippen LogP contribution in [0.25, 0.3) is 22.6 Å². The molecule has 0 bridgehead atoms. The average Bonchev–Trinajstić information content (AvgIpc) is 2.99. The number of nitrogens with zero attached hydrogens (tertiary/aromatic N) is 3. The summed E-state index contributed by atoms with van der Waals surface area (Å²) in [6.45, 7) is 2.00. The highest BCUT2D eigenvalue weighted by molar-refractivity contribution is 7.99. The molecule has 0 spiro atoms. The maximum atomic E-state index is 10.6. The number of aliphatic carboxylic acids is 1. The van der Waals surface area contributed by atoms with E-state index in [9.17, 15) is 4.79 Å². The van der Waals surface area contributed by atoms with Crippen molar-refractivity contribution in [3.05, 3.63) is 29.8 Å². The zero-order valence-electron chi connectivity index (χ0n) is 11.1. The third-order valence-corrected chi connectivity index (χ3v) is 3.81. The first-order valence-corrected chi connectivity index (χ1v) is 7.09. The molecule has 108 valence electrons. The lowest BCUT2D eigenvalue weighted by atomic mass is 10.2.